The summed E-state index contributed by atoms with van der Waals surface area (Å²) in [6.45, 7) is 0.425. The number of hydrogen-bond acceptors (Lipinski definition) is 3. The Morgan fingerprint density at radius 1 is 1.50 bits per heavy atom. The third-order valence-corrected chi connectivity index (χ3v) is 1.63. The summed E-state index contributed by atoms with van der Waals surface area (Å²) in [4.78, 5) is 6.83. The van der Waals surface area contributed by atoms with Crippen LogP contribution in [-0.4, -0.2) is 9.97 Å². The van der Waals surface area contributed by atoms with E-state index in [1.54, 1.807) is 12.5 Å². The lowest BCUT2D eigenvalue weighted by Crippen LogP contribution is -1.92. The number of hydrogen-bond donors (Lipinski definition) is 2. The van der Waals surface area contributed by atoms with Gasteiger partial charge in [-0.2, -0.15) is 0 Å². The minimum Gasteiger partial charge on any atom is -0.458 e. The lowest BCUT2D eigenvalue weighted by molar-refractivity contribution is 0.524. The van der Waals surface area contributed by atoms with E-state index in [1.165, 1.54) is 0 Å². The Bertz CT molecular complexity index is 350. The second-order valence-corrected chi connectivity index (χ2v) is 2.44. The maximum atomic E-state index is 5.40. The Balaban J connectivity index is 2.35. The van der Waals surface area contributed by atoms with Gasteiger partial charge in [0.25, 0.3) is 0 Å². The molecular formula is C8H9N3O. The molecule has 2 aromatic rings. The molecule has 0 fully saturated rings. The molecule has 2 aromatic heterocycles. The van der Waals surface area contributed by atoms with E-state index in [-0.39, 0.29) is 0 Å². The van der Waals surface area contributed by atoms with Gasteiger partial charge in [-0.1, -0.05) is 0 Å². The van der Waals surface area contributed by atoms with Crippen LogP contribution in [0.1, 0.15) is 5.76 Å². The summed E-state index contributed by atoms with van der Waals surface area (Å²) in [7, 11) is 0. The first kappa shape index (κ1) is 7.12. The average molecular weight is 163 g/mol. The van der Waals surface area contributed by atoms with Crippen molar-refractivity contribution in [3.63, 3.8) is 0 Å². The zero-order chi connectivity index (χ0) is 8.39. The van der Waals surface area contributed by atoms with Gasteiger partial charge in [-0.25, -0.2) is 4.98 Å². The molecule has 0 aliphatic heterocycles. The first-order valence-corrected chi connectivity index (χ1v) is 3.67. The van der Waals surface area contributed by atoms with Gasteiger partial charge in [0.1, 0.15) is 11.5 Å². The standard InChI is InChI=1S/C8H9N3O/c9-3-6-1-2-8(12-6)7-4-10-5-11-7/h1-2,4-5H,3,9H2,(H,10,11). The van der Waals surface area contributed by atoms with Gasteiger partial charge in [0.05, 0.1) is 19.1 Å². The Kier molecular flexibility index (Phi) is 1.68. The third kappa shape index (κ3) is 1.12. The van der Waals surface area contributed by atoms with Gasteiger partial charge in [-0.05, 0) is 12.1 Å². The van der Waals surface area contributed by atoms with Crippen LogP contribution in [0, 0.1) is 0 Å². The van der Waals surface area contributed by atoms with E-state index in [4.69, 9.17) is 10.2 Å². The number of rotatable bonds is 2. The third-order valence-electron chi connectivity index (χ3n) is 1.63. The van der Waals surface area contributed by atoms with Crippen LogP contribution in [0.15, 0.2) is 29.1 Å². The van der Waals surface area contributed by atoms with Gasteiger partial charge >= 0.3 is 0 Å². The number of aromatic amines is 1. The predicted octanol–water partition coefficient (Wildman–Crippen LogP) is 1.13. The molecule has 12 heavy (non-hydrogen) atoms. The monoisotopic (exact) mass is 163 g/mol. The second-order valence-electron chi connectivity index (χ2n) is 2.44. The second kappa shape index (κ2) is 2.83. The highest BCUT2D eigenvalue weighted by Crippen LogP contribution is 2.18. The van der Waals surface area contributed by atoms with E-state index < -0.39 is 0 Å². The Morgan fingerprint density at radius 3 is 3.00 bits per heavy atom. The first-order valence-electron chi connectivity index (χ1n) is 3.67. The van der Waals surface area contributed by atoms with Gasteiger partial charge in [-0.15, -0.1) is 0 Å². The number of aromatic nitrogens is 2. The fourth-order valence-electron chi connectivity index (χ4n) is 1.02. The molecule has 0 saturated heterocycles. The van der Waals surface area contributed by atoms with Crippen LogP contribution in [0.25, 0.3) is 11.5 Å². The summed E-state index contributed by atoms with van der Waals surface area (Å²) in [5.74, 6) is 1.55. The van der Waals surface area contributed by atoms with Crippen LogP contribution in [0.4, 0.5) is 0 Å². The smallest absolute Gasteiger partial charge is 0.152 e. The molecule has 0 aromatic carbocycles. The summed E-state index contributed by atoms with van der Waals surface area (Å²) in [5, 5.41) is 0. The number of nitrogens with zero attached hydrogens (tertiary/aromatic N) is 1. The molecule has 4 heteroatoms. The molecule has 2 rings (SSSR count). The topological polar surface area (TPSA) is 67.8 Å². The number of H-pyrrole nitrogens is 1. The zero-order valence-electron chi connectivity index (χ0n) is 6.45. The minimum atomic E-state index is 0.425. The van der Waals surface area contributed by atoms with Crippen molar-refractivity contribution in [2.45, 2.75) is 6.54 Å². The van der Waals surface area contributed by atoms with Crippen molar-refractivity contribution >= 4 is 0 Å². The van der Waals surface area contributed by atoms with Crippen LogP contribution in [-0.2, 0) is 6.54 Å². The number of nitrogens with one attached hydrogen (secondary N) is 1. The molecule has 0 saturated carbocycles. The maximum absolute atomic E-state index is 5.40. The molecular weight excluding hydrogens is 154 g/mol. The summed E-state index contributed by atoms with van der Waals surface area (Å²) < 4.78 is 5.38. The van der Waals surface area contributed by atoms with Gasteiger partial charge in [0.15, 0.2) is 5.76 Å². The van der Waals surface area contributed by atoms with Crippen molar-refractivity contribution in [3.05, 3.63) is 30.4 Å². The predicted molar refractivity (Wildman–Crippen MR) is 44.2 cm³/mol. The van der Waals surface area contributed by atoms with Crippen LogP contribution < -0.4 is 5.73 Å². The molecule has 0 spiro atoms. The van der Waals surface area contributed by atoms with Crippen LogP contribution in [0.2, 0.25) is 0 Å². The highest BCUT2D eigenvalue weighted by atomic mass is 16.3. The van der Waals surface area contributed by atoms with Crippen molar-refractivity contribution < 1.29 is 4.42 Å². The summed E-state index contributed by atoms with van der Waals surface area (Å²) >= 11 is 0. The Labute approximate surface area is 69.4 Å². The fourth-order valence-corrected chi connectivity index (χ4v) is 1.02. The lowest BCUT2D eigenvalue weighted by Gasteiger charge is -1.89. The molecule has 0 bridgehead atoms. The fraction of sp³-hybridized carbons (Fsp3) is 0.125. The van der Waals surface area contributed by atoms with Crippen molar-refractivity contribution in [1.82, 2.24) is 9.97 Å². The summed E-state index contributed by atoms with van der Waals surface area (Å²) in [6.07, 6.45) is 3.32. The van der Waals surface area contributed by atoms with Crippen molar-refractivity contribution in [2.24, 2.45) is 5.73 Å². The molecule has 0 unspecified atom stereocenters. The van der Waals surface area contributed by atoms with E-state index in [0.29, 0.717) is 6.54 Å². The summed E-state index contributed by atoms with van der Waals surface area (Å²) in [5.41, 5.74) is 6.27. The minimum absolute atomic E-state index is 0.425. The summed E-state index contributed by atoms with van der Waals surface area (Å²) in [6, 6.07) is 3.73. The van der Waals surface area contributed by atoms with E-state index in [1.807, 2.05) is 12.1 Å². The van der Waals surface area contributed by atoms with E-state index in [9.17, 15) is 0 Å². The van der Waals surface area contributed by atoms with Crippen molar-refractivity contribution in [3.8, 4) is 11.5 Å². The van der Waals surface area contributed by atoms with Gasteiger partial charge in [0.2, 0.25) is 0 Å². The Hall–Kier alpha value is -1.55. The SMILES string of the molecule is NCc1ccc(-c2cnc[nH]2)o1. The molecule has 0 aliphatic rings. The van der Waals surface area contributed by atoms with E-state index in [2.05, 4.69) is 9.97 Å². The van der Waals surface area contributed by atoms with Gasteiger partial charge in [0, 0.05) is 0 Å². The molecule has 62 valence electrons. The largest absolute Gasteiger partial charge is 0.458 e. The van der Waals surface area contributed by atoms with Crippen LogP contribution in [0.3, 0.4) is 0 Å². The first-order chi connectivity index (χ1) is 5.90. The van der Waals surface area contributed by atoms with Gasteiger partial charge < -0.3 is 15.1 Å². The van der Waals surface area contributed by atoms with E-state index >= 15 is 0 Å². The average Bonchev–Trinajstić information content (AvgIpc) is 2.75. The zero-order valence-corrected chi connectivity index (χ0v) is 6.45. The molecule has 0 aliphatic carbocycles. The quantitative estimate of drug-likeness (QED) is 0.697. The maximum Gasteiger partial charge on any atom is 0.152 e. The van der Waals surface area contributed by atoms with Crippen LogP contribution in [0.5, 0.6) is 0 Å². The van der Waals surface area contributed by atoms with E-state index in [0.717, 1.165) is 17.2 Å². The highest BCUT2D eigenvalue weighted by Gasteiger charge is 2.03. The molecule has 0 radical (unpaired) electrons. The Morgan fingerprint density at radius 2 is 2.42 bits per heavy atom. The molecule has 2 heterocycles. The van der Waals surface area contributed by atoms with Crippen molar-refractivity contribution in [1.29, 1.82) is 0 Å². The number of nitrogens with two attached hydrogens (primary N) is 1. The molecule has 0 amide bonds. The molecule has 0 atom stereocenters. The number of imidazole rings is 1. The molecule has 4 nitrogen and oxygen atoms in total. The molecule has 3 N–H and O–H groups in total. The lowest BCUT2D eigenvalue weighted by atomic mass is 10.3. The van der Waals surface area contributed by atoms with Crippen molar-refractivity contribution in [2.75, 3.05) is 0 Å². The highest BCUT2D eigenvalue weighted by molar-refractivity contribution is 5.50. The number of furan rings is 1. The van der Waals surface area contributed by atoms with Crippen LogP contribution >= 0.6 is 0 Å². The van der Waals surface area contributed by atoms with Gasteiger partial charge in [-0.3, -0.25) is 0 Å². The normalized spacial score (nSPS) is 10.4.